The third-order valence-corrected chi connectivity index (χ3v) is 2.83. The first-order valence-electron chi connectivity index (χ1n) is 3.61. The highest BCUT2D eigenvalue weighted by molar-refractivity contribution is 6.08. The molecule has 0 aromatic heterocycles. The summed E-state index contributed by atoms with van der Waals surface area (Å²) in [5, 5.41) is 3.42. The quantitative estimate of drug-likeness (QED) is 0.482. The minimum atomic E-state index is -0.635. The Morgan fingerprint density at radius 1 is 0.909 bits per heavy atom. The molecule has 0 unspecified atom stereocenters. The van der Waals surface area contributed by atoms with Crippen molar-refractivity contribution in [2.45, 2.75) is 27.7 Å². The number of hydrogen-bond donors (Lipinski definition) is 0. The first-order chi connectivity index (χ1) is 4.80. The maximum absolute atomic E-state index is 11.1. The van der Waals surface area contributed by atoms with Gasteiger partial charge in [-0.1, -0.05) is 0 Å². The van der Waals surface area contributed by atoms with Gasteiger partial charge < -0.3 is 0 Å². The highest BCUT2D eigenvalue weighted by atomic mass is 16.2. The zero-order valence-electron chi connectivity index (χ0n) is 7.26. The molecule has 0 aromatic carbocycles. The second-order valence-corrected chi connectivity index (χ2v) is 3.97. The van der Waals surface area contributed by atoms with E-state index in [1.807, 2.05) is 0 Å². The van der Waals surface area contributed by atoms with E-state index in [0.29, 0.717) is 0 Å². The van der Waals surface area contributed by atoms with Crippen LogP contribution in [0.5, 0.6) is 0 Å². The Bertz CT molecular complexity index is 204. The Balaban J connectivity index is 3.15. The van der Waals surface area contributed by atoms with Crippen LogP contribution in [0.2, 0.25) is 0 Å². The maximum atomic E-state index is 11.1. The number of rotatable bonds is 0. The van der Waals surface area contributed by atoms with Gasteiger partial charge in [0.2, 0.25) is 0 Å². The maximum Gasteiger partial charge on any atom is 0.255 e. The highest BCUT2D eigenvalue weighted by Gasteiger charge is 2.56. The fourth-order valence-corrected chi connectivity index (χ4v) is 0.906. The van der Waals surface area contributed by atoms with Crippen molar-refractivity contribution < 1.29 is 9.59 Å². The van der Waals surface area contributed by atoms with Gasteiger partial charge in [-0.05, 0) is 27.7 Å². The SMILES string of the molecule is CC1(C)C(=O)[N]C(=O)C1(C)C. The first-order valence-corrected chi connectivity index (χ1v) is 3.61. The molecule has 1 aliphatic rings. The number of nitrogens with zero attached hydrogens (tertiary/aromatic N) is 1. The molecule has 1 radical (unpaired) electrons. The van der Waals surface area contributed by atoms with E-state index in [0.717, 1.165) is 0 Å². The van der Waals surface area contributed by atoms with Crippen LogP contribution in [0, 0.1) is 10.8 Å². The Hall–Kier alpha value is -0.860. The van der Waals surface area contributed by atoms with Crippen molar-refractivity contribution in [3.05, 3.63) is 0 Å². The molecule has 1 saturated heterocycles. The lowest BCUT2D eigenvalue weighted by Gasteiger charge is -2.28. The molecule has 0 aromatic rings. The van der Waals surface area contributed by atoms with E-state index in [-0.39, 0.29) is 11.8 Å². The first kappa shape index (κ1) is 8.24. The molecule has 0 aliphatic carbocycles. The second-order valence-electron chi connectivity index (χ2n) is 3.97. The summed E-state index contributed by atoms with van der Waals surface area (Å²) < 4.78 is 0. The lowest BCUT2D eigenvalue weighted by Crippen LogP contribution is -2.35. The molecular formula is C8H12NO2. The molecule has 1 fully saturated rings. The zero-order chi connectivity index (χ0) is 8.86. The van der Waals surface area contributed by atoms with Crippen LogP contribution in [-0.4, -0.2) is 11.8 Å². The van der Waals surface area contributed by atoms with Crippen molar-refractivity contribution in [1.29, 1.82) is 0 Å². The van der Waals surface area contributed by atoms with Crippen molar-refractivity contribution >= 4 is 11.8 Å². The topological polar surface area (TPSA) is 48.2 Å². The van der Waals surface area contributed by atoms with Crippen LogP contribution < -0.4 is 5.32 Å². The van der Waals surface area contributed by atoms with Gasteiger partial charge in [-0.2, -0.15) is 5.32 Å². The van der Waals surface area contributed by atoms with E-state index in [1.165, 1.54) is 0 Å². The Kier molecular flexibility index (Phi) is 1.38. The lowest BCUT2D eigenvalue weighted by atomic mass is 9.70. The lowest BCUT2D eigenvalue weighted by molar-refractivity contribution is -0.129. The van der Waals surface area contributed by atoms with Crippen molar-refractivity contribution in [3.8, 4) is 0 Å². The van der Waals surface area contributed by atoms with Gasteiger partial charge in [0.1, 0.15) is 0 Å². The van der Waals surface area contributed by atoms with Crippen molar-refractivity contribution in [3.63, 3.8) is 0 Å². The Labute approximate surface area is 66.2 Å². The zero-order valence-corrected chi connectivity index (χ0v) is 7.26. The molecule has 11 heavy (non-hydrogen) atoms. The number of imide groups is 1. The molecule has 1 rings (SSSR count). The number of hydrogen-bond acceptors (Lipinski definition) is 2. The molecule has 1 aliphatic heterocycles. The summed E-state index contributed by atoms with van der Waals surface area (Å²) >= 11 is 0. The van der Waals surface area contributed by atoms with Crippen molar-refractivity contribution in [1.82, 2.24) is 5.32 Å². The summed E-state index contributed by atoms with van der Waals surface area (Å²) in [5.74, 6) is -0.597. The van der Waals surface area contributed by atoms with Crippen LogP contribution in [0.25, 0.3) is 0 Å². The molecule has 1 heterocycles. The molecular weight excluding hydrogens is 142 g/mol. The van der Waals surface area contributed by atoms with Gasteiger partial charge in [0.25, 0.3) is 11.8 Å². The predicted octanol–water partition coefficient (Wildman–Crippen LogP) is 0.710. The highest BCUT2D eigenvalue weighted by Crippen LogP contribution is 2.43. The molecule has 0 saturated carbocycles. The molecule has 0 bridgehead atoms. The normalized spacial score (nSPS) is 26.9. The molecule has 61 valence electrons. The number of carbonyl (C=O) groups excluding carboxylic acids is 2. The van der Waals surface area contributed by atoms with E-state index >= 15 is 0 Å². The predicted molar refractivity (Wildman–Crippen MR) is 39.7 cm³/mol. The van der Waals surface area contributed by atoms with Gasteiger partial charge in [0.15, 0.2) is 0 Å². The van der Waals surface area contributed by atoms with Crippen molar-refractivity contribution in [2.75, 3.05) is 0 Å². The molecule has 3 nitrogen and oxygen atoms in total. The van der Waals surface area contributed by atoms with Gasteiger partial charge in [-0.15, -0.1) is 0 Å². The summed E-state index contributed by atoms with van der Waals surface area (Å²) in [5.41, 5.74) is -1.27. The third kappa shape index (κ3) is 0.800. The Morgan fingerprint density at radius 2 is 1.18 bits per heavy atom. The van der Waals surface area contributed by atoms with Crippen LogP contribution in [0.4, 0.5) is 0 Å². The summed E-state index contributed by atoms with van der Waals surface area (Å²) in [7, 11) is 0. The van der Waals surface area contributed by atoms with E-state index in [1.54, 1.807) is 27.7 Å². The van der Waals surface area contributed by atoms with Gasteiger partial charge >= 0.3 is 0 Å². The van der Waals surface area contributed by atoms with Gasteiger partial charge in [0.05, 0.1) is 10.8 Å². The summed E-state index contributed by atoms with van der Waals surface area (Å²) in [4.78, 5) is 22.3. The third-order valence-electron chi connectivity index (χ3n) is 2.83. The summed E-state index contributed by atoms with van der Waals surface area (Å²) in [6, 6.07) is 0. The smallest absolute Gasteiger partial charge is 0.255 e. The van der Waals surface area contributed by atoms with Crippen LogP contribution in [-0.2, 0) is 9.59 Å². The molecule has 3 heteroatoms. The molecule has 0 N–H and O–H groups in total. The summed E-state index contributed by atoms with van der Waals surface area (Å²) in [6.45, 7) is 7.01. The minimum absolute atomic E-state index is 0.299. The van der Waals surface area contributed by atoms with Crippen LogP contribution in [0.3, 0.4) is 0 Å². The van der Waals surface area contributed by atoms with Crippen LogP contribution in [0.1, 0.15) is 27.7 Å². The van der Waals surface area contributed by atoms with Crippen molar-refractivity contribution in [2.24, 2.45) is 10.8 Å². The average Bonchev–Trinajstić information content (AvgIpc) is 1.95. The minimum Gasteiger partial charge on any atom is -0.272 e. The molecule has 2 amide bonds. The number of amides is 2. The Morgan fingerprint density at radius 3 is 1.27 bits per heavy atom. The largest absolute Gasteiger partial charge is 0.272 e. The van der Waals surface area contributed by atoms with Crippen LogP contribution in [0.15, 0.2) is 0 Å². The van der Waals surface area contributed by atoms with Gasteiger partial charge in [0, 0.05) is 0 Å². The van der Waals surface area contributed by atoms with Gasteiger partial charge in [-0.3, -0.25) is 9.59 Å². The fourth-order valence-electron chi connectivity index (χ4n) is 0.906. The fraction of sp³-hybridized carbons (Fsp3) is 0.750. The van der Waals surface area contributed by atoms with E-state index in [2.05, 4.69) is 5.32 Å². The number of carbonyl (C=O) groups is 2. The summed E-state index contributed by atoms with van der Waals surface area (Å²) in [6.07, 6.45) is 0. The standard InChI is InChI=1S/C8H12NO2/c1-7(2)5(10)9-6(11)8(7,3)4/h1-4H3. The molecule has 0 atom stereocenters. The average molecular weight is 154 g/mol. The van der Waals surface area contributed by atoms with E-state index < -0.39 is 10.8 Å². The van der Waals surface area contributed by atoms with Gasteiger partial charge in [-0.25, -0.2) is 0 Å². The second kappa shape index (κ2) is 1.84. The monoisotopic (exact) mass is 154 g/mol. The van der Waals surface area contributed by atoms with E-state index in [4.69, 9.17) is 0 Å². The van der Waals surface area contributed by atoms with E-state index in [9.17, 15) is 9.59 Å². The van der Waals surface area contributed by atoms with Crippen LogP contribution >= 0.6 is 0 Å². The molecule has 0 spiro atoms.